The van der Waals surface area contributed by atoms with E-state index in [2.05, 4.69) is 5.32 Å². The van der Waals surface area contributed by atoms with Crippen molar-refractivity contribution in [3.8, 4) is 0 Å². The highest BCUT2D eigenvalue weighted by Crippen LogP contribution is 2.25. The molecule has 1 amide bonds. The van der Waals surface area contributed by atoms with Gasteiger partial charge in [0.1, 0.15) is 5.58 Å². The molecule has 5 nitrogen and oxygen atoms in total. The van der Waals surface area contributed by atoms with E-state index in [1.54, 1.807) is 6.07 Å². The first-order chi connectivity index (χ1) is 12.1. The molecule has 4 rings (SSSR count). The number of aryl methyl sites for hydroxylation is 1. The van der Waals surface area contributed by atoms with Crippen LogP contribution in [0.4, 0.5) is 0 Å². The van der Waals surface area contributed by atoms with Gasteiger partial charge >= 0.3 is 0 Å². The molecule has 2 aromatic carbocycles. The lowest BCUT2D eigenvalue weighted by Crippen LogP contribution is -2.28. The molecular weight excluding hydrogens is 316 g/mol. The fraction of sp³-hybridized carbons (Fsp3) is 0.150. The van der Waals surface area contributed by atoms with Crippen molar-refractivity contribution in [1.29, 1.82) is 0 Å². The van der Waals surface area contributed by atoms with Crippen molar-refractivity contribution in [3.63, 3.8) is 0 Å². The second-order valence-corrected chi connectivity index (χ2v) is 6.09. The Labute approximate surface area is 144 Å². The molecule has 5 heteroatoms. The molecule has 1 unspecified atom stereocenters. The van der Waals surface area contributed by atoms with Gasteiger partial charge in [0.25, 0.3) is 5.91 Å². The molecule has 0 fully saturated rings. The highest BCUT2D eigenvalue weighted by atomic mass is 16.3. The Bertz CT molecular complexity index is 1030. The molecule has 0 spiro atoms. The molecule has 2 heterocycles. The van der Waals surface area contributed by atoms with Crippen LogP contribution in [0, 0.1) is 0 Å². The van der Waals surface area contributed by atoms with Gasteiger partial charge in [0, 0.05) is 41.6 Å². The van der Waals surface area contributed by atoms with Crippen LogP contribution in [0.25, 0.3) is 21.9 Å². The fourth-order valence-corrected chi connectivity index (χ4v) is 3.12. The second kappa shape index (κ2) is 6.11. The summed E-state index contributed by atoms with van der Waals surface area (Å²) in [5, 5.41) is 15.1. The van der Waals surface area contributed by atoms with E-state index in [1.165, 1.54) is 0 Å². The van der Waals surface area contributed by atoms with E-state index in [1.807, 2.05) is 66.3 Å². The maximum atomic E-state index is 12.3. The number of benzene rings is 2. The third kappa shape index (κ3) is 2.79. The van der Waals surface area contributed by atoms with Crippen LogP contribution in [0.2, 0.25) is 0 Å². The molecule has 0 aliphatic heterocycles. The van der Waals surface area contributed by atoms with Crippen molar-refractivity contribution in [2.75, 3.05) is 6.54 Å². The third-order valence-corrected chi connectivity index (χ3v) is 4.39. The molecule has 2 N–H and O–H groups in total. The number of nitrogens with zero attached hydrogens (tertiary/aromatic N) is 1. The summed E-state index contributed by atoms with van der Waals surface area (Å²) in [5.41, 5.74) is 2.51. The minimum absolute atomic E-state index is 0.115. The lowest BCUT2D eigenvalue weighted by Gasteiger charge is -2.10. The molecule has 4 aromatic rings. The number of para-hydroxylation sites is 2. The summed E-state index contributed by atoms with van der Waals surface area (Å²) in [6.07, 6.45) is 1.10. The van der Waals surface area contributed by atoms with E-state index < -0.39 is 6.10 Å². The Balaban J connectivity index is 1.51. The number of carbonyl (C=O) groups is 1. The molecule has 0 bridgehead atoms. The number of amides is 1. The van der Waals surface area contributed by atoms with Crippen LogP contribution in [0.5, 0.6) is 0 Å². The van der Waals surface area contributed by atoms with Gasteiger partial charge in [-0.05, 0) is 18.2 Å². The Morgan fingerprint density at radius 1 is 1.20 bits per heavy atom. The smallest absolute Gasteiger partial charge is 0.287 e. The molecular formula is C20H18N2O3. The maximum Gasteiger partial charge on any atom is 0.287 e. The predicted molar refractivity (Wildman–Crippen MR) is 96.4 cm³/mol. The number of aromatic nitrogens is 1. The van der Waals surface area contributed by atoms with Crippen molar-refractivity contribution in [1.82, 2.24) is 9.88 Å². The van der Waals surface area contributed by atoms with Crippen molar-refractivity contribution < 1.29 is 14.3 Å². The van der Waals surface area contributed by atoms with E-state index in [0.29, 0.717) is 5.58 Å². The number of carbonyl (C=O) groups excluding carboxylic acids is 1. The molecule has 0 saturated carbocycles. The molecule has 0 aliphatic carbocycles. The highest BCUT2D eigenvalue weighted by molar-refractivity contribution is 5.96. The normalized spacial score (nSPS) is 12.6. The number of furan rings is 1. The Kier molecular flexibility index (Phi) is 3.78. The first-order valence-electron chi connectivity index (χ1n) is 8.12. The summed E-state index contributed by atoms with van der Waals surface area (Å²) in [4.78, 5) is 12.3. The topological polar surface area (TPSA) is 67.4 Å². The summed E-state index contributed by atoms with van der Waals surface area (Å²) >= 11 is 0. The zero-order chi connectivity index (χ0) is 17.4. The number of nitrogens with one attached hydrogen (secondary N) is 1. The molecule has 2 aromatic heterocycles. The predicted octanol–water partition coefficient (Wildman–Crippen LogP) is 3.39. The molecule has 1 atom stereocenters. The average molecular weight is 334 g/mol. The van der Waals surface area contributed by atoms with Crippen LogP contribution in [-0.2, 0) is 7.05 Å². The maximum absolute atomic E-state index is 12.3. The van der Waals surface area contributed by atoms with E-state index in [0.717, 1.165) is 21.9 Å². The Morgan fingerprint density at radius 2 is 1.96 bits per heavy atom. The van der Waals surface area contributed by atoms with Gasteiger partial charge in [-0.3, -0.25) is 4.79 Å². The number of hydrogen-bond acceptors (Lipinski definition) is 3. The van der Waals surface area contributed by atoms with Crippen LogP contribution in [0.15, 0.2) is 65.2 Å². The van der Waals surface area contributed by atoms with Gasteiger partial charge in [-0.25, -0.2) is 0 Å². The largest absolute Gasteiger partial charge is 0.451 e. The lowest BCUT2D eigenvalue weighted by molar-refractivity contribution is 0.0892. The van der Waals surface area contributed by atoms with Crippen LogP contribution in [-0.4, -0.2) is 22.1 Å². The first-order valence-corrected chi connectivity index (χ1v) is 8.12. The minimum Gasteiger partial charge on any atom is -0.451 e. The Hall–Kier alpha value is -3.05. The lowest BCUT2D eigenvalue weighted by atomic mass is 10.1. The molecule has 0 radical (unpaired) electrons. The van der Waals surface area contributed by atoms with Gasteiger partial charge in [0.2, 0.25) is 0 Å². The van der Waals surface area contributed by atoms with E-state index in [4.69, 9.17) is 4.42 Å². The number of aliphatic hydroxyl groups excluding tert-OH is 1. The standard InChI is InChI=1S/C20H18N2O3/c1-22-12-15(14-7-3-4-8-16(14)22)17(23)11-21-20(24)19-10-13-6-2-5-9-18(13)25-19/h2-10,12,17,23H,11H2,1H3,(H,21,24). The van der Waals surface area contributed by atoms with Gasteiger partial charge in [0.15, 0.2) is 5.76 Å². The number of hydrogen-bond donors (Lipinski definition) is 2. The summed E-state index contributed by atoms with van der Waals surface area (Å²) in [5.74, 6) is -0.0955. The van der Waals surface area contributed by atoms with Gasteiger partial charge < -0.3 is 19.4 Å². The van der Waals surface area contributed by atoms with E-state index in [-0.39, 0.29) is 18.2 Å². The van der Waals surface area contributed by atoms with Crippen LogP contribution >= 0.6 is 0 Å². The zero-order valence-electron chi connectivity index (χ0n) is 13.8. The van der Waals surface area contributed by atoms with Crippen LogP contribution in [0.3, 0.4) is 0 Å². The quantitative estimate of drug-likeness (QED) is 0.601. The monoisotopic (exact) mass is 334 g/mol. The van der Waals surface area contributed by atoms with E-state index in [9.17, 15) is 9.90 Å². The highest BCUT2D eigenvalue weighted by Gasteiger charge is 2.17. The van der Waals surface area contributed by atoms with Gasteiger partial charge in [-0.2, -0.15) is 0 Å². The zero-order valence-corrected chi connectivity index (χ0v) is 13.8. The second-order valence-electron chi connectivity index (χ2n) is 6.09. The molecule has 126 valence electrons. The number of rotatable bonds is 4. The van der Waals surface area contributed by atoms with Gasteiger partial charge in [-0.15, -0.1) is 0 Å². The number of fused-ring (bicyclic) bond motifs is 2. The Morgan fingerprint density at radius 3 is 2.80 bits per heavy atom. The summed E-state index contributed by atoms with van der Waals surface area (Å²) < 4.78 is 7.51. The summed E-state index contributed by atoms with van der Waals surface area (Å²) in [7, 11) is 1.94. The van der Waals surface area contributed by atoms with Gasteiger partial charge in [0.05, 0.1) is 6.10 Å². The minimum atomic E-state index is -0.792. The SMILES string of the molecule is Cn1cc(C(O)CNC(=O)c2cc3ccccc3o2)c2ccccc21. The fourth-order valence-electron chi connectivity index (χ4n) is 3.12. The molecule has 0 aliphatic rings. The van der Waals surface area contributed by atoms with Crippen molar-refractivity contribution in [2.45, 2.75) is 6.10 Å². The summed E-state index contributed by atoms with van der Waals surface area (Å²) in [6, 6.07) is 17.0. The summed E-state index contributed by atoms with van der Waals surface area (Å²) in [6.45, 7) is 0.115. The average Bonchev–Trinajstić information content (AvgIpc) is 3.21. The van der Waals surface area contributed by atoms with Crippen LogP contribution < -0.4 is 5.32 Å². The molecule has 0 saturated heterocycles. The van der Waals surface area contributed by atoms with Crippen LogP contribution in [0.1, 0.15) is 22.2 Å². The molecule has 25 heavy (non-hydrogen) atoms. The van der Waals surface area contributed by atoms with Gasteiger partial charge in [-0.1, -0.05) is 36.4 Å². The van der Waals surface area contributed by atoms with Crippen molar-refractivity contribution >= 4 is 27.8 Å². The van der Waals surface area contributed by atoms with Crippen molar-refractivity contribution in [3.05, 3.63) is 72.1 Å². The van der Waals surface area contributed by atoms with E-state index >= 15 is 0 Å². The van der Waals surface area contributed by atoms with Crippen molar-refractivity contribution in [2.24, 2.45) is 7.05 Å². The first kappa shape index (κ1) is 15.5. The third-order valence-electron chi connectivity index (χ3n) is 4.39. The number of aliphatic hydroxyl groups is 1.